The van der Waals surface area contributed by atoms with Crippen LogP contribution in [0.15, 0.2) is 97.1 Å². The third-order valence-electron chi connectivity index (χ3n) is 5.52. The van der Waals surface area contributed by atoms with Crippen LogP contribution < -0.4 is 9.47 Å². The third-order valence-corrected chi connectivity index (χ3v) is 5.52. The molecular formula is C25H16N4O10. The average Bonchev–Trinajstić information content (AvgIpc) is 2.93. The van der Waals surface area contributed by atoms with Crippen LogP contribution >= 0.6 is 0 Å². The van der Waals surface area contributed by atoms with Crippen LogP contribution in [0.3, 0.4) is 0 Å². The molecule has 0 atom stereocenters. The second kappa shape index (κ2) is 10.6. The second-order valence-corrected chi connectivity index (χ2v) is 7.89. The van der Waals surface area contributed by atoms with Crippen LogP contribution in [0.5, 0.6) is 11.5 Å². The van der Waals surface area contributed by atoms with Crippen molar-refractivity contribution in [2.45, 2.75) is 5.79 Å². The van der Waals surface area contributed by atoms with E-state index in [1.54, 1.807) is 60.7 Å². The van der Waals surface area contributed by atoms with E-state index in [1.807, 2.05) is 0 Å². The fourth-order valence-corrected chi connectivity index (χ4v) is 3.74. The molecular weight excluding hydrogens is 516 g/mol. The zero-order chi connectivity index (χ0) is 28.2. The minimum absolute atomic E-state index is 0.233. The van der Waals surface area contributed by atoms with Crippen molar-refractivity contribution >= 4 is 22.7 Å². The Morgan fingerprint density at radius 3 is 1.15 bits per heavy atom. The summed E-state index contributed by atoms with van der Waals surface area (Å²) < 4.78 is 12.3. The first-order valence-electron chi connectivity index (χ1n) is 11.0. The summed E-state index contributed by atoms with van der Waals surface area (Å²) in [4.78, 5) is 42.8. The average molecular weight is 532 g/mol. The van der Waals surface area contributed by atoms with Crippen molar-refractivity contribution in [1.82, 2.24) is 0 Å². The Morgan fingerprint density at radius 1 is 0.487 bits per heavy atom. The monoisotopic (exact) mass is 532 g/mol. The summed E-state index contributed by atoms with van der Waals surface area (Å²) in [6.45, 7) is 0. The second-order valence-electron chi connectivity index (χ2n) is 7.89. The highest BCUT2D eigenvalue weighted by Crippen LogP contribution is 2.44. The minimum Gasteiger partial charge on any atom is -0.437 e. The van der Waals surface area contributed by atoms with Crippen molar-refractivity contribution < 1.29 is 29.2 Å². The lowest BCUT2D eigenvalue weighted by Crippen LogP contribution is -2.41. The predicted octanol–water partition coefficient (Wildman–Crippen LogP) is 5.68. The Hall–Kier alpha value is -5.92. The van der Waals surface area contributed by atoms with Gasteiger partial charge in [0.15, 0.2) is 0 Å². The van der Waals surface area contributed by atoms with Crippen molar-refractivity contribution in [3.63, 3.8) is 0 Å². The maximum atomic E-state index is 11.9. The first kappa shape index (κ1) is 26.2. The highest BCUT2D eigenvalue weighted by atomic mass is 16.7. The highest BCUT2D eigenvalue weighted by molar-refractivity contribution is 5.56. The molecule has 0 aliphatic heterocycles. The highest BCUT2D eigenvalue weighted by Gasteiger charge is 2.43. The summed E-state index contributed by atoms with van der Waals surface area (Å²) >= 11 is 0. The molecule has 4 rings (SSSR count). The smallest absolute Gasteiger partial charge is 0.317 e. The van der Waals surface area contributed by atoms with Crippen LogP contribution in [-0.4, -0.2) is 19.7 Å². The lowest BCUT2D eigenvalue weighted by atomic mass is 9.96. The maximum Gasteiger partial charge on any atom is 0.317 e. The van der Waals surface area contributed by atoms with E-state index in [0.717, 1.165) is 24.3 Å². The van der Waals surface area contributed by atoms with Crippen LogP contribution in [0.4, 0.5) is 22.7 Å². The van der Waals surface area contributed by atoms with Gasteiger partial charge in [-0.2, -0.15) is 0 Å². The molecule has 0 unspecified atom stereocenters. The van der Waals surface area contributed by atoms with Gasteiger partial charge in [-0.15, -0.1) is 0 Å². The summed E-state index contributed by atoms with van der Waals surface area (Å²) in [6.07, 6.45) is 0. The number of benzene rings is 4. The van der Waals surface area contributed by atoms with Gasteiger partial charge in [-0.1, -0.05) is 60.7 Å². The van der Waals surface area contributed by atoms with Crippen LogP contribution in [0.2, 0.25) is 0 Å². The first-order chi connectivity index (χ1) is 18.6. The molecule has 14 nitrogen and oxygen atoms in total. The molecule has 0 aliphatic rings. The van der Waals surface area contributed by atoms with E-state index in [0.29, 0.717) is 12.1 Å². The van der Waals surface area contributed by atoms with Gasteiger partial charge in [0.05, 0.1) is 31.8 Å². The molecule has 0 radical (unpaired) electrons. The van der Waals surface area contributed by atoms with E-state index in [-0.39, 0.29) is 11.1 Å². The van der Waals surface area contributed by atoms with Crippen molar-refractivity contribution in [3.05, 3.63) is 149 Å². The Balaban J connectivity index is 2.01. The van der Waals surface area contributed by atoms with Crippen LogP contribution in [0.25, 0.3) is 0 Å². The van der Waals surface area contributed by atoms with E-state index >= 15 is 0 Å². The summed E-state index contributed by atoms with van der Waals surface area (Å²) in [5.74, 6) is -3.02. The van der Waals surface area contributed by atoms with E-state index in [4.69, 9.17) is 9.47 Å². The Kier molecular flexibility index (Phi) is 7.10. The third kappa shape index (κ3) is 5.29. The molecule has 0 saturated carbocycles. The Labute approximate surface area is 218 Å². The molecule has 0 N–H and O–H groups in total. The fraction of sp³-hybridized carbons (Fsp3) is 0.0400. The van der Waals surface area contributed by atoms with Gasteiger partial charge in [0.2, 0.25) is 11.5 Å². The number of hydrogen-bond acceptors (Lipinski definition) is 10. The van der Waals surface area contributed by atoms with Crippen LogP contribution in [0.1, 0.15) is 11.1 Å². The van der Waals surface area contributed by atoms with Crippen molar-refractivity contribution in [3.8, 4) is 11.5 Å². The predicted molar refractivity (Wildman–Crippen MR) is 134 cm³/mol. The van der Waals surface area contributed by atoms with Gasteiger partial charge in [-0.3, -0.25) is 40.5 Å². The quantitative estimate of drug-likeness (QED) is 0.139. The fourth-order valence-electron chi connectivity index (χ4n) is 3.74. The largest absolute Gasteiger partial charge is 0.437 e. The summed E-state index contributed by atoms with van der Waals surface area (Å²) in [6, 6.07) is 21.4. The molecule has 0 amide bonds. The molecule has 14 heteroatoms. The molecule has 39 heavy (non-hydrogen) atoms. The van der Waals surface area contributed by atoms with E-state index in [9.17, 15) is 40.5 Å². The van der Waals surface area contributed by atoms with Gasteiger partial charge < -0.3 is 9.47 Å². The zero-order valence-corrected chi connectivity index (χ0v) is 19.6. The van der Waals surface area contributed by atoms with Gasteiger partial charge in [-0.25, -0.2) is 0 Å². The molecule has 4 aromatic carbocycles. The van der Waals surface area contributed by atoms with Crippen molar-refractivity contribution in [2.24, 2.45) is 0 Å². The van der Waals surface area contributed by atoms with Gasteiger partial charge in [0.1, 0.15) is 0 Å². The van der Waals surface area contributed by atoms with Gasteiger partial charge in [-0.05, 0) is 12.1 Å². The summed E-state index contributed by atoms with van der Waals surface area (Å²) in [7, 11) is 0. The molecule has 0 bridgehead atoms. The molecule has 0 saturated heterocycles. The number of nitrogens with zero attached hydrogens (tertiary/aromatic N) is 4. The van der Waals surface area contributed by atoms with Crippen molar-refractivity contribution in [1.29, 1.82) is 0 Å². The molecule has 0 aromatic heterocycles. The minimum atomic E-state index is -2.13. The van der Waals surface area contributed by atoms with Gasteiger partial charge >= 0.3 is 17.2 Å². The van der Waals surface area contributed by atoms with Gasteiger partial charge in [0.25, 0.3) is 11.4 Å². The Bertz CT molecular complexity index is 1460. The lowest BCUT2D eigenvalue weighted by Gasteiger charge is -2.35. The maximum absolute atomic E-state index is 11.9. The van der Waals surface area contributed by atoms with Crippen LogP contribution in [0, 0.1) is 40.5 Å². The Morgan fingerprint density at radius 2 is 0.846 bits per heavy atom. The number of non-ortho nitro benzene ring substituents is 2. The lowest BCUT2D eigenvalue weighted by molar-refractivity contribution is -0.395. The van der Waals surface area contributed by atoms with Crippen molar-refractivity contribution in [2.75, 3.05) is 0 Å². The topological polar surface area (TPSA) is 191 Å². The standard InChI is InChI=1S/C25H16N4O10/c30-26(31)19-11-13-23(21(15-19)28(34)35)38-25(17-7-3-1-4-8-17,18-9-5-2-6-10-18)39-24-14-12-20(27(32)33)16-22(24)29(36)37/h1-16H. The SMILES string of the molecule is O=[N+]([O-])c1ccc(OC(Oc2ccc([N+](=O)[O-])cc2[N+](=O)[O-])(c2ccccc2)c2ccccc2)c([N+](=O)[O-])c1. The first-order valence-corrected chi connectivity index (χ1v) is 11.0. The molecule has 196 valence electrons. The molecule has 0 heterocycles. The normalized spacial score (nSPS) is 10.9. The summed E-state index contributed by atoms with van der Waals surface area (Å²) in [5, 5.41) is 46.2. The number of ether oxygens (including phenoxy) is 2. The summed E-state index contributed by atoms with van der Waals surface area (Å²) in [5.41, 5.74) is -2.19. The van der Waals surface area contributed by atoms with E-state index in [1.165, 1.54) is 0 Å². The number of hydrogen-bond donors (Lipinski definition) is 0. The number of nitro benzene ring substituents is 4. The van der Waals surface area contributed by atoms with E-state index < -0.39 is 59.7 Å². The molecule has 0 spiro atoms. The number of nitro groups is 4. The molecule has 0 aliphatic carbocycles. The van der Waals surface area contributed by atoms with Gasteiger partial charge in [0, 0.05) is 23.3 Å². The molecule has 4 aromatic rings. The number of rotatable bonds is 10. The molecule has 0 fully saturated rings. The van der Waals surface area contributed by atoms with Crippen LogP contribution in [-0.2, 0) is 5.79 Å². The zero-order valence-electron chi connectivity index (χ0n) is 19.6. The van der Waals surface area contributed by atoms with E-state index in [2.05, 4.69) is 0 Å².